The molecule has 1 unspecified atom stereocenters. The van der Waals surface area contributed by atoms with Crippen LogP contribution in [0.25, 0.3) is 0 Å². The average molecular weight is 254 g/mol. The van der Waals surface area contributed by atoms with Crippen molar-refractivity contribution in [2.75, 3.05) is 0 Å². The number of hydrogen-bond donors (Lipinski definition) is 0. The van der Waals surface area contributed by atoms with E-state index in [0.29, 0.717) is 11.8 Å². The summed E-state index contributed by atoms with van der Waals surface area (Å²) in [7, 11) is 0. The van der Waals surface area contributed by atoms with Crippen LogP contribution in [0.5, 0.6) is 0 Å². The van der Waals surface area contributed by atoms with Crippen LogP contribution >= 0.6 is 0 Å². The second-order valence-electron chi connectivity index (χ2n) is 4.68. The molecular formula is C19H26. The van der Waals surface area contributed by atoms with Gasteiger partial charge in [-0.15, -0.1) is 0 Å². The van der Waals surface area contributed by atoms with Crippen molar-refractivity contribution in [3.63, 3.8) is 0 Å². The molecule has 0 radical (unpaired) electrons. The minimum absolute atomic E-state index is 0.516. The maximum absolute atomic E-state index is 2.34. The SMILES string of the molecule is CC.CCC(C)C(c1ccccc1)c1ccccc1. The summed E-state index contributed by atoms with van der Waals surface area (Å²) in [6.07, 6.45) is 1.20. The fourth-order valence-electron chi connectivity index (χ4n) is 2.41. The highest BCUT2D eigenvalue weighted by molar-refractivity contribution is 5.32. The smallest absolute Gasteiger partial charge is 0.0115 e. The molecule has 102 valence electrons. The van der Waals surface area contributed by atoms with Gasteiger partial charge in [-0.2, -0.15) is 0 Å². The van der Waals surface area contributed by atoms with E-state index in [0.717, 1.165) is 0 Å². The van der Waals surface area contributed by atoms with Crippen LogP contribution in [-0.2, 0) is 0 Å². The summed E-state index contributed by atoms with van der Waals surface area (Å²) < 4.78 is 0. The molecule has 0 aliphatic rings. The topological polar surface area (TPSA) is 0 Å². The Bertz CT molecular complexity index is 391. The van der Waals surface area contributed by atoms with E-state index in [-0.39, 0.29) is 0 Å². The van der Waals surface area contributed by atoms with Gasteiger partial charge in [-0.25, -0.2) is 0 Å². The van der Waals surface area contributed by atoms with Crippen LogP contribution in [0.2, 0.25) is 0 Å². The molecule has 0 aliphatic carbocycles. The van der Waals surface area contributed by atoms with E-state index in [1.54, 1.807) is 0 Å². The maximum Gasteiger partial charge on any atom is 0.0115 e. The van der Waals surface area contributed by atoms with Crippen molar-refractivity contribution in [2.45, 2.75) is 40.0 Å². The summed E-state index contributed by atoms with van der Waals surface area (Å²) in [6, 6.07) is 21.7. The van der Waals surface area contributed by atoms with Gasteiger partial charge in [0.05, 0.1) is 0 Å². The molecule has 0 spiro atoms. The lowest BCUT2D eigenvalue weighted by molar-refractivity contribution is 0.496. The summed E-state index contributed by atoms with van der Waals surface area (Å²) in [5.74, 6) is 1.18. The van der Waals surface area contributed by atoms with E-state index < -0.39 is 0 Å². The van der Waals surface area contributed by atoms with E-state index >= 15 is 0 Å². The monoisotopic (exact) mass is 254 g/mol. The highest BCUT2D eigenvalue weighted by atomic mass is 14.2. The van der Waals surface area contributed by atoms with Crippen molar-refractivity contribution in [1.29, 1.82) is 0 Å². The van der Waals surface area contributed by atoms with E-state index in [2.05, 4.69) is 74.5 Å². The van der Waals surface area contributed by atoms with Gasteiger partial charge in [0.1, 0.15) is 0 Å². The number of rotatable bonds is 4. The molecule has 0 aliphatic heterocycles. The quantitative estimate of drug-likeness (QED) is 0.638. The van der Waals surface area contributed by atoms with Crippen molar-refractivity contribution >= 4 is 0 Å². The lowest BCUT2D eigenvalue weighted by Crippen LogP contribution is -2.10. The molecule has 19 heavy (non-hydrogen) atoms. The van der Waals surface area contributed by atoms with Gasteiger partial charge >= 0.3 is 0 Å². The predicted molar refractivity (Wildman–Crippen MR) is 85.5 cm³/mol. The number of benzene rings is 2. The standard InChI is InChI=1S/C17H20.C2H6/c1-3-14(2)17(15-10-6-4-7-11-15)16-12-8-5-9-13-16;1-2/h4-14,17H,3H2,1-2H3;1-2H3. The van der Waals surface area contributed by atoms with E-state index in [4.69, 9.17) is 0 Å². The Morgan fingerprint density at radius 2 is 1.11 bits per heavy atom. The lowest BCUT2D eigenvalue weighted by atomic mass is 9.80. The molecule has 0 bridgehead atoms. The molecule has 0 saturated carbocycles. The van der Waals surface area contributed by atoms with Crippen molar-refractivity contribution in [3.8, 4) is 0 Å². The van der Waals surface area contributed by atoms with Gasteiger partial charge in [0.15, 0.2) is 0 Å². The fourth-order valence-corrected chi connectivity index (χ4v) is 2.41. The second kappa shape index (κ2) is 8.53. The first-order valence-corrected chi connectivity index (χ1v) is 7.42. The summed E-state index contributed by atoms with van der Waals surface area (Å²) in [5.41, 5.74) is 2.85. The largest absolute Gasteiger partial charge is 0.0683 e. The maximum atomic E-state index is 2.34. The van der Waals surface area contributed by atoms with Gasteiger partial charge in [-0.1, -0.05) is 94.8 Å². The van der Waals surface area contributed by atoms with Crippen LogP contribution in [0.1, 0.15) is 51.2 Å². The molecular weight excluding hydrogens is 228 g/mol. The molecule has 0 N–H and O–H groups in total. The summed E-state index contributed by atoms with van der Waals surface area (Å²) in [6.45, 7) is 8.61. The van der Waals surface area contributed by atoms with Crippen LogP contribution in [-0.4, -0.2) is 0 Å². The summed E-state index contributed by atoms with van der Waals surface area (Å²) in [4.78, 5) is 0. The summed E-state index contributed by atoms with van der Waals surface area (Å²) >= 11 is 0. The molecule has 0 amide bonds. The van der Waals surface area contributed by atoms with E-state index in [1.165, 1.54) is 17.5 Å². The first-order chi connectivity index (χ1) is 9.33. The van der Waals surface area contributed by atoms with Crippen molar-refractivity contribution in [2.24, 2.45) is 5.92 Å². The molecule has 2 rings (SSSR count). The van der Waals surface area contributed by atoms with Crippen LogP contribution in [0.3, 0.4) is 0 Å². The van der Waals surface area contributed by atoms with Crippen LogP contribution < -0.4 is 0 Å². The molecule has 0 heterocycles. The van der Waals surface area contributed by atoms with Crippen LogP contribution in [0, 0.1) is 5.92 Å². The third kappa shape index (κ3) is 4.24. The van der Waals surface area contributed by atoms with Gasteiger partial charge in [0, 0.05) is 5.92 Å². The van der Waals surface area contributed by atoms with E-state index in [1.807, 2.05) is 13.8 Å². The van der Waals surface area contributed by atoms with Gasteiger partial charge in [-0.05, 0) is 17.0 Å². The molecule has 1 atom stereocenters. The van der Waals surface area contributed by atoms with Crippen molar-refractivity contribution in [3.05, 3.63) is 71.8 Å². The van der Waals surface area contributed by atoms with Crippen LogP contribution in [0.4, 0.5) is 0 Å². The molecule has 0 heteroatoms. The fraction of sp³-hybridized carbons (Fsp3) is 0.368. The van der Waals surface area contributed by atoms with Crippen molar-refractivity contribution < 1.29 is 0 Å². The first-order valence-electron chi connectivity index (χ1n) is 7.42. The average Bonchev–Trinajstić information content (AvgIpc) is 2.51. The zero-order valence-corrected chi connectivity index (χ0v) is 12.6. The van der Waals surface area contributed by atoms with Crippen LogP contribution in [0.15, 0.2) is 60.7 Å². The molecule has 2 aromatic rings. The Morgan fingerprint density at radius 1 is 0.737 bits per heavy atom. The Labute approximate surface area is 118 Å². The minimum atomic E-state index is 0.516. The lowest BCUT2D eigenvalue weighted by Gasteiger charge is -2.24. The summed E-state index contributed by atoms with van der Waals surface area (Å²) in [5, 5.41) is 0. The van der Waals surface area contributed by atoms with Gasteiger partial charge in [0.25, 0.3) is 0 Å². The first kappa shape index (κ1) is 15.5. The molecule has 0 saturated heterocycles. The highest BCUT2D eigenvalue weighted by Gasteiger charge is 2.19. The third-order valence-electron chi connectivity index (χ3n) is 3.53. The van der Waals surface area contributed by atoms with Gasteiger partial charge in [0.2, 0.25) is 0 Å². The third-order valence-corrected chi connectivity index (χ3v) is 3.53. The molecule has 0 nitrogen and oxygen atoms in total. The van der Waals surface area contributed by atoms with Gasteiger partial charge in [-0.3, -0.25) is 0 Å². The predicted octanol–water partition coefficient (Wildman–Crippen LogP) is 5.89. The minimum Gasteiger partial charge on any atom is -0.0683 e. The molecule has 2 aromatic carbocycles. The Morgan fingerprint density at radius 3 is 1.42 bits per heavy atom. The van der Waals surface area contributed by atoms with Gasteiger partial charge < -0.3 is 0 Å². The Hall–Kier alpha value is -1.56. The Balaban J connectivity index is 0.000000861. The second-order valence-corrected chi connectivity index (χ2v) is 4.68. The zero-order chi connectivity index (χ0) is 14.1. The highest BCUT2D eigenvalue weighted by Crippen LogP contribution is 2.33. The zero-order valence-electron chi connectivity index (χ0n) is 12.6. The van der Waals surface area contributed by atoms with E-state index in [9.17, 15) is 0 Å². The Kier molecular flexibility index (Phi) is 6.95. The normalized spacial score (nSPS) is 11.6. The molecule has 0 aromatic heterocycles. The molecule has 0 fully saturated rings. The van der Waals surface area contributed by atoms with Crippen molar-refractivity contribution in [1.82, 2.24) is 0 Å². The number of hydrogen-bond acceptors (Lipinski definition) is 0.